The van der Waals surface area contributed by atoms with E-state index in [0.29, 0.717) is 38.4 Å². The van der Waals surface area contributed by atoms with Gasteiger partial charge in [-0.3, -0.25) is 14.8 Å². The molecule has 1 saturated heterocycles. The van der Waals surface area contributed by atoms with Gasteiger partial charge in [-0.1, -0.05) is 30.3 Å². The van der Waals surface area contributed by atoms with Crippen molar-refractivity contribution >= 4 is 22.4 Å². The van der Waals surface area contributed by atoms with E-state index in [9.17, 15) is 4.79 Å². The Morgan fingerprint density at radius 1 is 1.09 bits per heavy atom. The van der Waals surface area contributed by atoms with Crippen LogP contribution in [0.2, 0.25) is 0 Å². The molecule has 1 fully saturated rings. The number of carbonyl (C=O) groups is 1. The van der Waals surface area contributed by atoms with Crippen molar-refractivity contribution in [1.82, 2.24) is 14.9 Å². The molecule has 6 heteroatoms. The third-order valence-electron chi connectivity index (χ3n) is 6.59. The number of hydrogen-bond donors (Lipinski definition) is 1. The van der Waals surface area contributed by atoms with E-state index >= 15 is 0 Å². The highest BCUT2D eigenvalue weighted by atomic mass is 16.5. The molecule has 0 aliphatic carbocycles. The normalized spacial score (nSPS) is 16.1. The number of carbonyl (C=O) groups excluding carboxylic acids is 1. The number of nitrogens with zero attached hydrogens (tertiary/aromatic N) is 3. The molecule has 1 atom stereocenters. The van der Waals surface area contributed by atoms with Crippen LogP contribution in [0.4, 0.5) is 5.69 Å². The molecule has 0 radical (unpaired) electrons. The van der Waals surface area contributed by atoms with Crippen LogP contribution in [-0.4, -0.2) is 47.1 Å². The number of aromatic nitrogens is 2. The number of amides is 1. The predicted molar refractivity (Wildman–Crippen MR) is 138 cm³/mol. The van der Waals surface area contributed by atoms with Crippen molar-refractivity contribution < 1.29 is 9.53 Å². The Balaban J connectivity index is 1.30. The zero-order valence-electron chi connectivity index (χ0n) is 20.0. The number of nitrogens with one attached hydrogen (secondary N) is 1. The van der Waals surface area contributed by atoms with Crippen molar-refractivity contribution in [2.45, 2.75) is 19.9 Å². The maximum Gasteiger partial charge on any atom is 0.254 e. The van der Waals surface area contributed by atoms with Crippen LogP contribution in [-0.2, 0) is 17.7 Å². The average Bonchev–Trinajstić information content (AvgIpc) is 3.14. The summed E-state index contributed by atoms with van der Waals surface area (Å²) in [5.74, 6) is 0.279. The number of hydrogen-bond acceptors (Lipinski definition) is 5. The fourth-order valence-electron chi connectivity index (χ4n) is 4.70. The van der Waals surface area contributed by atoms with Gasteiger partial charge in [0.1, 0.15) is 0 Å². The molecule has 35 heavy (non-hydrogen) atoms. The third kappa shape index (κ3) is 5.49. The van der Waals surface area contributed by atoms with Crippen molar-refractivity contribution in [2.24, 2.45) is 5.92 Å². The molecule has 178 valence electrons. The lowest BCUT2D eigenvalue weighted by atomic mass is 9.95. The zero-order chi connectivity index (χ0) is 24.0. The number of aryl methyl sites for hydroxylation is 1. The second-order valence-corrected chi connectivity index (χ2v) is 9.15. The molecule has 1 aliphatic rings. The highest BCUT2D eigenvalue weighted by Gasteiger charge is 2.24. The first-order valence-corrected chi connectivity index (χ1v) is 12.1. The molecule has 0 bridgehead atoms. The second kappa shape index (κ2) is 10.7. The topological polar surface area (TPSA) is 67.4 Å². The number of benzene rings is 2. The first-order valence-electron chi connectivity index (χ1n) is 12.1. The molecule has 1 N–H and O–H groups in total. The van der Waals surface area contributed by atoms with Crippen LogP contribution in [0.3, 0.4) is 0 Å². The summed E-state index contributed by atoms with van der Waals surface area (Å²) in [5.41, 5.74) is 5.13. The molecule has 6 nitrogen and oxygen atoms in total. The summed E-state index contributed by atoms with van der Waals surface area (Å²) in [6, 6.07) is 18.3. The largest absolute Gasteiger partial charge is 0.381 e. The van der Waals surface area contributed by atoms with Crippen molar-refractivity contribution in [3.63, 3.8) is 0 Å². The van der Waals surface area contributed by atoms with E-state index in [1.807, 2.05) is 53.8 Å². The molecule has 0 spiro atoms. The molecule has 3 heterocycles. The molecule has 4 aromatic rings. The van der Waals surface area contributed by atoms with Crippen LogP contribution in [0.5, 0.6) is 0 Å². The van der Waals surface area contributed by atoms with Crippen molar-refractivity contribution in [1.29, 1.82) is 0 Å². The van der Waals surface area contributed by atoms with Gasteiger partial charge in [-0.15, -0.1) is 0 Å². The van der Waals surface area contributed by atoms with Crippen LogP contribution in [0.1, 0.15) is 27.0 Å². The Kier molecular flexibility index (Phi) is 7.00. The van der Waals surface area contributed by atoms with Gasteiger partial charge < -0.3 is 15.0 Å². The monoisotopic (exact) mass is 466 g/mol. The third-order valence-corrected chi connectivity index (χ3v) is 6.59. The maximum atomic E-state index is 13.5. The van der Waals surface area contributed by atoms with Gasteiger partial charge in [0.05, 0.1) is 13.2 Å². The predicted octanol–water partition coefficient (Wildman–Crippen LogP) is 4.88. The SMILES string of the molecule is Cc1ccc(C(=O)N2CCOC[C@H](Cc3cccc4cnccc34)C2)cc1NCc1cccnc1. The highest BCUT2D eigenvalue weighted by molar-refractivity contribution is 5.95. The summed E-state index contributed by atoms with van der Waals surface area (Å²) in [6.07, 6.45) is 8.21. The minimum atomic E-state index is 0.0482. The maximum absolute atomic E-state index is 13.5. The Labute approximate surface area is 206 Å². The Bertz CT molecular complexity index is 1300. The number of fused-ring (bicyclic) bond motifs is 1. The lowest BCUT2D eigenvalue weighted by molar-refractivity contribution is 0.0737. The van der Waals surface area contributed by atoms with Crippen LogP contribution >= 0.6 is 0 Å². The summed E-state index contributed by atoms with van der Waals surface area (Å²) in [4.78, 5) is 23.9. The molecular formula is C29H30N4O2. The fourth-order valence-corrected chi connectivity index (χ4v) is 4.70. The van der Waals surface area contributed by atoms with Crippen LogP contribution in [0.25, 0.3) is 10.8 Å². The van der Waals surface area contributed by atoms with E-state index in [0.717, 1.165) is 28.6 Å². The average molecular weight is 467 g/mol. The van der Waals surface area contributed by atoms with Gasteiger partial charge in [-0.25, -0.2) is 0 Å². The van der Waals surface area contributed by atoms with Gasteiger partial charge in [0, 0.05) is 67.0 Å². The summed E-state index contributed by atoms with van der Waals surface area (Å²) < 4.78 is 5.91. The summed E-state index contributed by atoms with van der Waals surface area (Å²) in [7, 11) is 0. The number of pyridine rings is 2. The Hall–Kier alpha value is -3.77. The Morgan fingerprint density at radius 3 is 2.89 bits per heavy atom. The lowest BCUT2D eigenvalue weighted by Crippen LogP contribution is -2.36. The first kappa shape index (κ1) is 23.0. The number of rotatable bonds is 6. The van der Waals surface area contributed by atoms with E-state index < -0.39 is 0 Å². The molecule has 5 rings (SSSR count). The summed E-state index contributed by atoms with van der Waals surface area (Å²) in [5, 5.41) is 5.81. The minimum absolute atomic E-state index is 0.0482. The standard InChI is InChI=1S/C29H30N4O2/c1-21-7-8-25(15-28(21)32-17-22-4-3-10-30-16-22)29(34)33-12-13-35-20-23(19-33)14-24-5-2-6-26-18-31-11-9-27(24)26/h2-11,15-16,18,23,32H,12-14,17,19-20H2,1H3/t23-/m1/s1. The zero-order valence-corrected chi connectivity index (χ0v) is 20.0. The van der Waals surface area contributed by atoms with Gasteiger partial charge in [0.15, 0.2) is 0 Å². The quantitative estimate of drug-likeness (QED) is 0.439. The highest BCUT2D eigenvalue weighted by Crippen LogP contribution is 2.24. The van der Waals surface area contributed by atoms with Crippen molar-refractivity contribution in [2.75, 3.05) is 31.6 Å². The van der Waals surface area contributed by atoms with Gasteiger partial charge in [-0.2, -0.15) is 0 Å². The van der Waals surface area contributed by atoms with Crippen molar-refractivity contribution in [3.8, 4) is 0 Å². The lowest BCUT2D eigenvalue weighted by Gasteiger charge is -2.24. The van der Waals surface area contributed by atoms with Crippen molar-refractivity contribution in [3.05, 3.63) is 102 Å². The summed E-state index contributed by atoms with van der Waals surface area (Å²) in [6.45, 7) is 5.19. The minimum Gasteiger partial charge on any atom is -0.381 e. The molecule has 0 saturated carbocycles. The molecule has 2 aromatic heterocycles. The van der Waals surface area contributed by atoms with Gasteiger partial charge >= 0.3 is 0 Å². The van der Waals surface area contributed by atoms with E-state index in [-0.39, 0.29) is 11.8 Å². The fraction of sp³-hybridized carbons (Fsp3) is 0.276. The Morgan fingerprint density at radius 2 is 2.00 bits per heavy atom. The molecule has 1 amide bonds. The van der Waals surface area contributed by atoms with Crippen LogP contribution < -0.4 is 5.32 Å². The number of anilines is 1. The van der Waals surface area contributed by atoms with Gasteiger partial charge in [0.25, 0.3) is 5.91 Å². The molecule has 2 aromatic carbocycles. The molecule has 1 aliphatic heterocycles. The summed E-state index contributed by atoms with van der Waals surface area (Å²) >= 11 is 0. The molecular weight excluding hydrogens is 436 g/mol. The number of ether oxygens (including phenoxy) is 1. The van der Waals surface area contributed by atoms with Gasteiger partial charge in [0.2, 0.25) is 0 Å². The van der Waals surface area contributed by atoms with Gasteiger partial charge in [-0.05, 0) is 59.7 Å². The van der Waals surface area contributed by atoms with Crippen LogP contribution in [0.15, 0.2) is 79.4 Å². The van der Waals surface area contributed by atoms with E-state index in [1.54, 1.807) is 6.20 Å². The van der Waals surface area contributed by atoms with E-state index in [2.05, 4.69) is 46.5 Å². The van der Waals surface area contributed by atoms with E-state index in [4.69, 9.17) is 4.74 Å². The van der Waals surface area contributed by atoms with E-state index in [1.165, 1.54) is 10.9 Å². The smallest absolute Gasteiger partial charge is 0.254 e. The second-order valence-electron chi connectivity index (χ2n) is 9.15. The molecule has 0 unspecified atom stereocenters. The van der Waals surface area contributed by atoms with Crippen LogP contribution in [0, 0.1) is 12.8 Å². The first-order chi connectivity index (χ1) is 17.2.